The van der Waals surface area contributed by atoms with Gasteiger partial charge in [0, 0.05) is 17.3 Å². The molecule has 0 saturated carbocycles. The van der Waals surface area contributed by atoms with Crippen molar-refractivity contribution >= 4 is 0 Å². The van der Waals surface area contributed by atoms with Gasteiger partial charge >= 0.3 is 6.18 Å². The Balaban J connectivity index is 2.93. The first-order valence-electron chi connectivity index (χ1n) is 6.10. The van der Waals surface area contributed by atoms with Crippen molar-refractivity contribution in [1.82, 2.24) is 15.1 Å². The number of rotatable bonds is 5. The Kier molecular flexibility index (Phi) is 4.78. The minimum atomic E-state index is -4.24. The lowest BCUT2D eigenvalue weighted by Gasteiger charge is -2.14. The fourth-order valence-corrected chi connectivity index (χ4v) is 2.12. The van der Waals surface area contributed by atoms with Gasteiger partial charge in [0.05, 0.1) is 5.69 Å². The van der Waals surface area contributed by atoms with Crippen molar-refractivity contribution < 1.29 is 13.2 Å². The second-order valence-corrected chi connectivity index (χ2v) is 4.53. The van der Waals surface area contributed by atoms with Gasteiger partial charge in [-0.3, -0.25) is 4.68 Å². The number of aromatic nitrogens is 2. The Hall–Kier alpha value is -1.04. The zero-order valence-corrected chi connectivity index (χ0v) is 11.2. The minimum absolute atomic E-state index is 0.0203. The highest BCUT2D eigenvalue weighted by atomic mass is 19.4. The Morgan fingerprint density at radius 3 is 2.44 bits per heavy atom. The van der Waals surface area contributed by atoms with Crippen molar-refractivity contribution in [2.75, 3.05) is 6.54 Å². The van der Waals surface area contributed by atoms with Gasteiger partial charge in [-0.05, 0) is 33.7 Å². The number of nitrogens with zero attached hydrogens (tertiary/aromatic N) is 2. The summed E-state index contributed by atoms with van der Waals surface area (Å²) in [6, 6.07) is 0.0203. The third-order valence-electron chi connectivity index (χ3n) is 2.90. The lowest BCUT2D eigenvalue weighted by molar-refractivity contribution is -0.142. The molecule has 104 valence electrons. The molecule has 1 rings (SSSR count). The number of alkyl halides is 3. The van der Waals surface area contributed by atoms with E-state index in [0.29, 0.717) is 11.4 Å². The van der Waals surface area contributed by atoms with Crippen LogP contribution < -0.4 is 5.32 Å². The Labute approximate surface area is 105 Å². The van der Waals surface area contributed by atoms with Crippen LogP contribution in [0.25, 0.3) is 0 Å². The molecule has 1 N–H and O–H groups in total. The predicted molar refractivity (Wildman–Crippen MR) is 64.5 cm³/mol. The lowest BCUT2D eigenvalue weighted by atomic mass is 10.1. The summed E-state index contributed by atoms with van der Waals surface area (Å²) in [4.78, 5) is 0. The summed E-state index contributed by atoms with van der Waals surface area (Å²) in [5, 5.41) is 7.25. The van der Waals surface area contributed by atoms with Crippen molar-refractivity contribution in [2.24, 2.45) is 0 Å². The topological polar surface area (TPSA) is 29.9 Å². The van der Waals surface area contributed by atoms with E-state index in [2.05, 4.69) is 10.4 Å². The van der Waals surface area contributed by atoms with Gasteiger partial charge in [0.1, 0.15) is 6.54 Å². The van der Waals surface area contributed by atoms with Crippen molar-refractivity contribution in [1.29, 1.82) is 0 Å². The maximum Gasteiger partial charge on any atom is 0.408 e. The van der Waals surface area contributed by atoms with Crippen LogP contribution in [-0.2, 0) is 6.54 Å². The van der Waals surface area contributed by atoms with Gasteiger partial charge in [-0.2, -0.15) is 18.3 Å². The van der Waals surface area contributed by atoms with E-state index in [9.17, 15) is 13.2 Å². The van der Waals surface area contributed by atoms with Gasteiger partial charge in [0.25, 0.3) is 0 Å². The lowest BCUT2D eigenvalue weighted by Crippen LogP contribution is -2.22. The molecule has 0 aliphatic rings. The molecule has 0 bridgehead atoms. The van der Waals surface area contributed by atoms with Crippen LogP contribution in [0.1, 0.15) is 43.3 Å². The Bertz CT molecular complexity index is 396. The van der Waals surface area contributed by atoms with Crippen molar-refractivity contribution in [2.45, 2.75) is 52.9 Å². The fraction of sp³-hybridized carbons (Fsp3) is 0.750. The monoisotopic (exact) mass is 263 g/mol. The summed E-state index contributed by atoms with van der Waals surface area (Å²) in [7, 11) is 0. The second-order valence-electron chi connectivity index (χ2n) is 4.53. The zero-order valence-electron chi connectivity index (χ0n) is 11.2. The molecule has 0 aromatic carbocycles. The molecule has 0 aliphatic carbocycles. The molecule has 6 heteroatoms. The number of hydrogen-bond donors (Lipinski definition) is 1. The van der Waals surface area contributed by atoms with Gasteiger partial charge < -0.3 is 5.32 Å². The largest absolute Gasteiger partial charge is 0.408 e. The first-order chi connectivity index (χ1) is 8.26. The van der Waals surface area contributed by atoms with Crippen LogP contribution in [0.2, 0.25) is 0 Å². The molecule has 0 fully saturated rings. The van der Waals surface area contributed by atoms with E-state index in [0.717, 1.165) is 23.2 Å². The molecule has 0 spiro atoms. The maximum atomic E-state index is 12.4. The van der Waals surface area contributed by atoms with E-state index in [1.54, 1.807) is 13.8 Å². The summed E-state index contributed by atoms with van der Waals surface area (Å²) in [6.07, 6.45) is -3.25. The molecule has 0 amide bonds. The summed E-state index contributed by atoms with van der Waals surface area (Å²) < 4.78 is 38.2. The molecule has 0 radical (unpaired) electrons. The molecule has 3 nitrogen and oxygen atoms in total. The molecule has 1 unspecified atom stereocenters. The average Bonchev–Trinajstić information content (AvgIpc) is 2.48. The van der Waals surface area contributed by atoms with E-state index in [4.69, 9.17) is 0 Å². The van der Waals surface area contributed by atoms with Crippen LogP contribution >= 0.6 is 0 Å². The third-order valence-corrected chi connectivity index (χ3v) is 2.90. The highest BCUT2D eigenvalue weighted by Crippen LogP contribution is 2.24. The highest BCUT2D eigenvalue weighted by molar-refractivity contribution is 5.27. The normalized spacial score (nSPS) is 13.9. The van der Waals surface area contributed by atoms with Crippen molar-refractivity contribution in [3.05, 3.63) is 17.0 Å². The zero-order chi connectivity index (χ0) is 13.9. The first-order valence-corrected chi connectivity index (χ1v) is 6.10. The average molecular weight is 263 g/mol. The van der Waals surface area contributed by atoms with Crippen LogP contribution in [-0.4, -0.2) is 22.5 Å². The second kappa shape index (κ2) is 5.73. The number of halogens is 3. The molecule has 0 aliphatic heterocycles. The summed E-state index contributed by atoms with van der Waals surface area (Å²) in [5.41, 5.74) is 2.11. The van der Waals surface area contributed by atoms with E-state index in [1.807, 2.05) is 13.8 Å². The molecule has 1 aromatic rings. The standard InChI is InChI=1S/C12H20F3N3/c1-5-6-16-8(2)11-9(3)17-18(10(11)4)7-12(13,14)15/h8,16H,5-7H2,1-4H3. The SMILES string of the molecule is CCCNC(C)c1c(C)nn(CC(F)(F)F)c1C. The molecular formula is C12H20F3N3. The van der Waals surface area contributed by atoms with Gasteiger partial charge in [0.15, 0.2) is 0 Å². The van der Waals surface area contributed by atoms with Gasteiger partial charge in [-0.15, -0.1) is 0 Å². The van der Waals surface area contributed by atoms with Gasteiger partial charge in [-0.1, -0.05) is 6.92 Å². The van der Waals surface area contributed by atoms with Crippen molar-refractivity contribution in [3.63, 3.8) is 0 Å². The Morgan fingerprint density at radius 2 is 1.94 bits per heavy atom. The number of aryl methyl sites for hydroxylation is 1. The molecular weight excluding hydrogens is 243 g/mol. The van der Waals surface area contributed by atoms with Crippen LogP contribution in [0.5, 0.6) is 0 Å². The quantitative estimate of drug-likeness (QED) is 0.884. The van der Waals surface area contributed by atoms with Crippen LogP contribution in [0.3, 0.4) is 0 Å². The Morgan fingerprint density at radius 1 is 1.33 bits per heavy atom. The van der Waals surface area contributed by atoms with Gasteiger partial charge in [0.2, 0.25) is 0 Å². The van der Waals surface area contributed by atoms with E-state index >= 15 is 0 Å². The van der Waals surface area contributed by atoms with Crippen LogP contribution in [0, 0.1) is 13.8 Å². The number of hydrogen-bond acceptors (Lipinski definition) is 2. The van der Waals surface area contributed by atoms with Gasteiger partial charge in [-0.25, -0.2) is 0 Å². The molecule has 1 aromatic heterocycles. The summed E-state index contributed by atoms with van der Waals surface area (Å²) >= 11 is 0. The smallest absolute Gasteiger partial charge is 0.310 e. The predicted octanol–water partition coefficient (Wildman–Crippen LogP) is 3.12. The van der Waals surface area contributed by atoms with E-state index < -0.39 is 12.7 Å². The summed E-state index contributed by atoms with van der Waals surface area (Å²) in [5.74, 6) is 0. The van der Waals surface area contributed by atoms with E-state index in [-0.39, 0.29) is 6.04 Å². The molecule has 1 heterocycles. The molecule has 1 atom stereocenters. The van der Waals surface area contributed by atoms with E-state index in [1.165, 1.54) is 0 Å². The van der Waals surface area contributed by atoms with Crippen molar-refractivity contribution in [3.8, 4) is 0 Å². The van der Waals surface area contributed by atoms with Crippen LogP contribution in [0.4, 0.5) is 13.2 Å². The molecule has 18 heavy (non-hydrogen) atoms. The number of nitrogens with one attached hydrogen (secondary N) is 1. The minimum Gasteiger partial charge on any atom is -0.310 e. The van der Waals surface area contributed by atoms with Crippen LogP contribution in [0.15, 0.2) is 0 Å². The third kappa shape index (κ3) is 3.73. The highest BCUT2D eigenvalue weighted by Gasteiger charge is 2.30. The maximum absolute atomic E-state index is 12.4. The molecule has 0 saturated heterocycles. The first kappa shape index (κ1) is 15.0. The summed E-state index contributed by atoms with van der Waals surface area (Å²) in [6.45, 7) is 7.24. The fourth-order valence-electron chi connectivity index (χ4n) is 2.12.